The Morgan fingerprint density at radius 2 is 2.14 bits per heavy atom. The smallest absolute Gasteiger partial charge is 0.0928 e. The number of aliphatic hydroxyl groups excluding tert-OH is 1. The van der Waals surface area contributed by atoms with Crippen molar-refractivity contribution in [3.63, 3.8) is 0 Å². The van der Waals surface area contributed by atoms with Gasteiger partial charge in [-0.25, -0.2) is 0 Å². The van der Waals surface area contributed by atoms with Crippen molar-refractivity contribution < 1.29 is 5.11 Å². The molecule has 2 aromatic rings. The first kappa shape index (κ1) is 16.3. The third-order valence-corrected chi connectivity index (χ3v) is 3.86. The summed E-state index contributed by atoms with van der Waals surface area (Å²) in [6.07, 6.45) is 2.22. The average molecular weight is 328 g/mol. The number of aromatic nitrogens is 2. The van der Waals surface area contributed by atoms with Crippen LogP contribution in [0.2, 0.25) is 10.0 Å². The number of halogens is 2. The van der Waals surface area contributed by atoms with Crippen molar-refractivity contribution in [2.45, 2.75) is 26.0 Å². The molecule has 0 saturated carbocycles. The average Bonchev–Trinajstić information content (AvgIpc) is 2.78. The Labute approximate surface area is 134 Å². The number of hydrogen-bond acceptors (Lipinski definition) is 3. The first-order valence-corrected chi connectivity index (χ1v) is 7.62. The summed E-state index contributed by atoms with van der Waals surface area (Å²) in [5.74, 6) is 0. The summed E-state index contributed by atoms with van der Waals surface area (Å²) in [5, 5.41) is 18.9. The first-order valence-electron chi connectivity index (χ1n) is 6.86. The van der Waals surface area contributed by atoms with Gasteiger partial charge < -0.3 is 10.4 Å². The lowest BCUT2D eigenvalue weighted by Crippen LogP contribution is -2.21. The molecule has 2 rings (SSSR count). The highest BCUT2D eigenvalue weighted by molar-refractivity contribution is 6.35. The summed E-state index contributed by atoms with van der Waals surface area (Å²) in [5.41, 5.74) is 2.90. The van der Waals surface area contributed by atoms with Crippen LogP contribution in [0.3, 0.4) is 0 Å². The molecule has 0 fully saturated rings. The molecule has 1 aromatic carbocycles. The van der Waals surface area contributed by atoms with E-state index in [1.54, 1.807) is 18.2 Å². The Morgan fingerprint density at radius 3 is 2.81 bits per heavy atom. The minimum absolute atomic E-state index is 0.416. The van der Waals surface area contributed by atoms with Crippen molar-refractivity contribution in [1.29, 1.82) is 0 Å². The van der Waals surface area contributed by atoms with Crippen molar-refractivity contribution in [2.24, 2.45) is 7.05 Å². The third-order valence-electron chi connectivity index (χ3n) is 3.30. The summed E-state index contributed by atoms with van der Waals surface area (Å²) in [7, 11) is 1.91. The maximum atomic E-state index is 10.2. The van der Waals surface area contributed by atoms with E-state index < -0.39 is 6.10 Å². The molecule has 0 spiro atoms. The Hall–Kier alpha value is -1.07. The molecule has 6 heteroatoms. The second-order valence-electron chi connectivity index (χ2n) is 4.94. The summed E-state index contributed by atoms with van der Waals surface area (Å²) >= 11 is 11.9. The molecular formula is C15H19Cl2N3O. The SMILES string of the molecule is CCc1nn(C)cc1CNCC(O)c1ccc(Cl)cc1Cl. The second-order valence-corrected chi connectivity index (χ2v) is 5.78. The van der Waals surface area contributed by atoms with E-state index >= 15 is 0 Å². The van der Waals surface area contributed by atoms with Gasteiger partial charge in [-0.3, -0.25) is 4.68 Å². The lowest BCUT2D eigenvalue weighted by Gasteiger charge is -2.14. The highest BCUT2D eigenvalue weighted by Crippen LogP contribution is 2.26. The van der Waals surface area contributed by atoms with Gasteiger partial charge in [-0.15, -0.1) is 0 Å². The van der Waals surface area contributed by atoms with Crippen LogP contribution < -0.4 is 5.32 Å². The zero-order valence-corrected chi connectivity index (χ0v) is 13.6. The number of nitrogens with zero attached hydrogens (tertiary/aromatic N) is 2. The molecule has 0 amide bonds. The fraction of sp³-hybridized carbons (Fsp3) is 0.400. The molecule has 0 saturated heterocycles. The van der Waals surface area contributed by atoms with E-state index in [1.165, 1.54) is 0 Å². The third kappa shape index (κ3) is 4.20. The van der Waals surface area contributed by atoms with E-state index in [0.717, 1.165) is 17.7 Å². The largest absolute Gasteiger partial charge is 0.387 e. The normalized spacial score (nSPS) is 12.6. The van der Waals surface area contributed by atoms with Gasteiger partial charge >= 0.3 is 0 Å². The molecule has 1 heterocycles. The predicted molar refractivity (Wildman–Crippen MR) is 85.7 cm³/mol. The van der Waals surface area contributed by atoms with Gasteiger partial charge in [-0.05, 0) is 18.6 Å². The number of aryl methyl sites for hydroxylation is 2. The Bertz CT molecular complexity index is 613. The van der Waals surface area contributed by atoms with Crippen LogP contribution in [0.15, 0.2) is 24.4 Å². The molecule has 1 unspecified atom stereocenters. The Morgan fingerprint density at radius 1 is 1.38 bits per heavy atom. The number of rotatable bonds is 6. The van der Waals surface area contributed by atoms with Crippen LogP contribution in [0.1, 0.15) is 29.8 Å². The zero-order chi connectivity index (χ0) is 15.4. The maximum absolute atomic E-state index is 10.2. The fourth-order valence-electron chi connectivity index (χ4n) is 2.25. The van der Waals surface area contributed by atoms with Gasteiger partial charge in [0.1, 0.15) is 0 Å². The van der Waals surface area contributed by atoms with Crippen LogP contribution in [0, 0.1) is 0 Å². The van der Waals surface area contributed by atoms with Crippen molar-refractivity contribution >= 4 is 23.2 Å². The van der Waals surface area contributed by atoms with Crippen molar-refractivity contribution in [3.8, 4) is 0 Å². The Balaban J connectivity index is 1.93. The molecule has 114 valence electrons. The second kappa shape index (κ2) is 7.27. The van der Waals surface area contributed by atoms with Crippen LogP contribution in [-0.4, -0.2) is 21.4 Å². The molecule has 0 aliphatic carbocycles. The number of aliphatic hydroxyl groups is 1. The van der Waals surface area contributed by atoms with Gasteiger partial charge in [0.05, 0.1) is 11.8 Å². The highest BCUT2D eigenvalue weighted by atomic mass is 35.5. The molecule has 0 radical (unpaired) electrons. The van der Waals surface area contributed by atoms with Gasteiger partial charge in [-0.2, -0.15) is 5.10 Å². The summed E-state index contributed by atoms with van der Waals surface area (Å²) in [6.45, 7) is 3.16. The summed E-state index contributed by atoms with van der Waals surface area (Å²) in [4.78, 5) is 0. The molecule has 2 N–H and O–H groups in total. The highest BCUT2D eigenvalue weighted by Gasteiger charge is 2.12. The number of hydrogen-bond donors (Lipinski definition) is 2. The van der Waals surface area contributed by atoms with Gasteiger partial charge in [0.15, 0.2) is 0 Å². The molecule has 4 nitrogen and oxygen atoms in total. The quantitative estimate of drug-likeness (QED) is 0.857. The van der Waals surface area contributed by atoms with Crippen LogP contribution in [-0.2, 0) is 20.0 Å². The lowest BCUT2D eigenvalue weighted by molar-refractivity contribution is 0.174. The van der Waals surface area contributed by atoms with E-state index in [9.17, 15) is 5.11 Å². The van der Waals surface area contributed by atoms with Crippen LogP contribution in [0.5, 0.6) is 0 Å². The van der Waals surface area contributed by atoms with E-state index in [-0.39, 0.29) is 0 Å². The lowest BCUT2D eigenvalue weighted by atomic mass is 10.1. The molecule has 0 aliphatic rings. The van der Waals surface area contributed by atoms with E-state index in [2.05, 4.69) is 17.3 Å². The summed E-state index contributed by atoms with van der Waals surface area (Å²) < 4.78 is 1.81. The summed E-state index contributed by atoms with van der Waals surface area (Å²) in [6, 6.07) is 5.11. The van der Waals surface area contributed by atoms with Crippen molar-refractivity contribution in [2.75, 3.05) is 6.54 Å². The van der Waals surface area contributed by atoms with Crippen LogP contribution in [0.25, 0.3) is 0 Å². The monoisotopic (exact) mass is 327 g/mol. The predicted octanol–water partition coefficient (Wildman–Crippen LogP) is 3.11. The number of nitrogens with one attached hydrogen (secondary N) is 1. The molecular weight excluding hydrogens is 309 g/mol. The van der Waals surface area contributed by atoms with Gasteiger partial charge in [-0.1, -0.05) is 36.2 Å². The minimum atomic E-state index is -0.670. The zero-order valence-electron chi connectivity index (χ0n) is 12.1. The maximum Gasteiger partial charge on any atom is 0.0928 e. The number of benzene rings is 1. The topological polar surface area (TPSA) is 50.1 Å². The van der Waals surface area contributed by atoms with E-state index in [4.69, 9.17) is 23.2 Å². The van der Waals surface area contributed by atoms with E-state index in [0.29, 0.717) is 28.7 Å². The van der Waals surface area contributed by atoms with Gasteiger partial charge in [0, 0.05) is 47.5 Å². The molecule has 0 bridgehead atoms. The van der Waals surface area contributed by atoms with Crippen molar-refractivity contribution in [3.05, 3.63) is 51.3 Å². The van der Waals surface area contributed by atoms with Gasteiger partial charge in [0.2, 0.25) is 0 Å². The molecule has 1 aromatic heterocycles. The van der Waals surface area contributed by atoms with Crippen molar-refractivity contribution in [1.82, 2.24) is 15.1 Å². The fourth-order valence-corrected chi connectivity index (χ4v) is 2.79. The van der Waals surface area contributed by atoms with Crippen LogP contribution in [0.4, 0.5) is 0 Å². The first-order chi connectivity index (χ1) is 10.0. The molecule has 1 atom stereocenters. The molecule has 0 aliphatic heterocycles. The van der Waals surface area contributed by atoms with Gasteiger partial charge in [0.25, 0.3) is 0 Å². The standard InChI is InChI=1S/C15H19Cl2N3O/c1-3-14-10(9-20(2)19-14)7-18-8-15(21)12-5-4-11(16)6-13(12)17/h4-6,9,15,18,21H,3,7-8H2,1-2H3. The Kier molecular flexibility index (Phi) is 5.65. The minimum Gasteiger partial charge on any atom is -0.387 e. The molecule has 21 heavy (non-hydrogen) atoms. The van der Waals surface area contributed by atoms with Crippen LogP contribution >= 0.6 is 23.2 Å². The van der Waals surface area contributed by atoms with E-state index in [1.807, 2.05) is 17.9 Å².